The van der Waals surface area contributed by atoms with Crippen LogP contribution in [0.3, 0.4) is 0 Å². The van der Waals surface area contributed by atoms with Gasteiger partial charge >= 0.3 is 0 Å². The van der Waals surface area contributed by atoms with Gasteiger partial charge in [0.2, 0.25) is 0 Å². The van der Waals surface area contributed by atoms with Gasteiger partial charge in [-0.1, -0.05) is 315 Å². The number of rotatable bonds is 13. The number of nitrogens with zero attached hydrogens (tertiary/aromatic N) is 4. The van der Waals surface area contributed by atoms with Crippen molar-refractivity contribution < 1.29 is 0 Å². The van der Waals surface area contributed by atoms with Crippen LogP contribution in [0.2, 0.25) is 0 Å². The molecule has 2 heterocycles. The van der Waals surface area contributed by atoms with E-state index in [1.807, 2.05) is 0 Å². The van der Waals surface area contributed by atoms with Crippen molar-refractivity contribution in [3.63, 3.8) is 0 Å². The summed E-state index contributed by atoms with van der Waals surface area (Å²) in [5, 5.41) is 15.0. The maximum absolute atomic E-state index is 2.41. The molecule has 0 aliphatic heterocycles. The Balaban J connectivity index is 0.000000146. The van der Waals surface area contributed by atoms with Crippen molar-refractivity contribution in [1.82, 2.24) is 9.13 Å². The molecule has 0 saturated heterocycles. The Hall–Kier alpha value is -14.6. The van der Waals surface area contributed by atoms with Crippen LogP contribution in [0, 0.1) is 6.92 Å². The smallest absolute Gasteiger partial charge is 0.0542 e. The summed E-state index contributed by atoms with van der Waals surface area (Å²) in [6.45, 7) is 2.15. The van der Waals surface area contributed by atoms with E-state index in [0.717, 1.165) is 45.5 Å². The minimum atomic E-state index is 1.12. The minimum absolute atomic E-state index is 1.12. The first-order chi connectivity index (χ1) is 55.0. The van der Waals surface area contributed by atoms with Gasteiger partial charge < -0.3 is 18.9 Å². The van der Waals surface area contributed by atoms with E-state index in [1.165, 1.54) is 148 Å². The molecule has 111 heavy (non-hydrogen) atoms. The second kappa shape index (κ2) is 28.3. The monoisotopic (exact) mass is 1410 g/mol. The van der Waals surface area contributed by atoms with Crippen LogP contribution >= 0.6 is 0 Å². The summed E-state index contributed by atoms with van der Waals surface area (Å²) in [7, 11) is 0. The maximum atomic E-state index is 2.41. The van der Waals surface area contributed by atoms with Gasteiger partial charge in [0.05, 0.1) is 22.1 Å². The second-order valence-corrected chi connectivity index (χ2v) is 28.7. The number of anilines is 6. The van der Waals surface area contributed by atoms with Crippen LogP contribution in [0.5, 0.6) is 0 Å². The SMILES string of the molecule is Cc1ccc(-c2c3ccccc3c(-c3ccc(-n4c5ccccc5c5cc(N(c6ccccc6)c6ccccc6)ccc54)cc3)c3ccccc23)cc1.c1ccc(-c2ccccc2-c2c3ccccc3c(-c3ccc(-n4c5ccccc5c5cc(N(c6ccccc6)c6ccccc6)ccc54)cc3)c3ccccc23)cc1. The van der Waals surface area contributed by atoms with E-state index in [0.29, 0.717) is 0 Å². The molecule has 4 nitrogen and oxygen atoms in total. The van der Waals surface area contributed by atoms with Crippen molar-refractivity contribution >= 4 is 121 Å². The third kappa shape index (κ3) is 11.7. The Bertz CT molecular complexity index is 6840. The molecule has 0 fully saturated rings. The fourth-order valence-electron chi connectivity index (χ4n) is 17.3. The highest BCUT2D eigenvalue weighted by molar-refractivity contribution is 6.24. The van der Waals surface area contributed by atoms with Gasteiger partial charge in [-0.3, -0.25) is 0 Å². The zero-order valence-corrected chi connectivity index (χ0v) is 61.3. The van der Waals surface area contributed by atoms with Gasteiger partial charge in [0.15, 0.2) is 0 Å². The number of para-hydroxylation sites is 6. The molecule has 21 rings (SSSR count). The summed E-state index contributed by atoms with van der Waals surface area (Å²) in [5.74, 6) is 0. The number of hydrogen-bond acceptors (Lipinski definition) is 2. The molecule has 0 aliphatic carbocycles. The standard InChI is InChI=1S/C56H38N2.C51H36N2/c1-4-18-39(19-5-1)45-24-10-11-26-47(45)56-50-29-14-12-27-48(50)55(49-28-13-15-30-51(49)56)40-32-34-43(35-33-40)58-53-31-17-16-25-46(53)52-38-44(36-37-54(52)58)57(41-20-6-2-7-21-41)42-22-8-3-9-23-42;1-35-24-26-36(27-25-35)50-43-19-8-10-21-45(43)51(46-22-11-9-20-44(46)50)37-28-30-40(31-29-37)53-48-23-13-12-18-42(48)47-34-41(32-33-49(47)53)52(38-14-4-2-5-15-38)39-16-6-3-7-17-39/h1-38H;2-34H,1H3. The van der Waals surface area contributed by atoms with E-state index in [-0.39, 0.29) is 0 Å². The topological polar surface area (TPSA) is 16.3 Å². The zero-order valence-electron chi connectivity index (χ0n) is 61.3. The summed E-state index contributed by atoms with van der Waals surface area (Å²) in [5.41, 5.74) is 27.5. The Morgan fingerprint density at radius 2 is 0.432 bits per heavy atom. The van der Waals surface area contributed by atoms with Crippen LogP contribution in [-0.4, -0.2) is 9.13 Å². The first-order valence-corrected chi connectivity index (χ1v) is 38.2. The van der Waals surface area contributed by atoms with E-state index < -0.39 is 0 Å². The number of aryl methyl sites for hydroxylation is 1. The summed E-state index contributed by atoms with van der Waals surface area (Å²) in [4.78, 5) is 4.67. The lowest BCUT2D eigenvalue weighted by Crippen LogP contribution is -2.09. The van der Waals surface area contributed by atoms with E-state index in [4.69, 9.17) is 0 Å². The highest BCUT2D eigenvalue weighted by Crippen LogP contribution is 2.49. The van der Waals surface area contributed by atoms with Gasteiger partial charge in [-0.05, 0) is 227 Å². The molecule has 0 aliphatic rings. The average molecular weight is 1420 g/mol. The molecule has 0 saturated carbocycles. The van der Waals surface area contributed by atoms with Gasteiger partial charge in [0.1, 0.15) is 0 Å². The van der Waals surface area contributed by atoms with Gasteiger partial charge in [-0.15, -0.1) is 0 Å². The summed E-state index contributed by atoms with van der Waals surface area (Å²) in [6, 6.07) is 156. The Morgan fingerprint density at radius 1 is 0.171 bits per heavy atom. The molecule has 2 aromatic heterocycles. The van der Waals surface area contributed by atoms with Crippen LogP contribution in [0.25, 0.3) is 154 Å². The summed E-state index contributed by atoms with van der Waals surface area (Å²) in [6.07, 6.45) is 0. The highest BCUT2D eigenvalue weighted by Gasteiger charge is 2.24. The van der Waals surface area contributed by atoms with Gasteiger partial charge in [-0.25, -0.2) is 0 Å². The minimum Gasteiger partial charge on any atom is -0.310 e. The third-order valence-electron chi connectivity index (χ3n) is 22.2. The van der Waals surface area contributed by atoms with Crippen molar-refractivity contribution in [1.29, 1.82) is 0 Å². The molecule has 19 aromatic carbocycles. The zero-order chi connectivity index (χ0) is 73.7. The quantitative estimate of drug-likeness (QED) is 0.107. The molecular weight excluding hydrogens is 1340 g/mol. The van der Waals surface area contributed by atoms with Gasteiger partial charge in [-0.2, -0.15) is 0 Å². The molecule has 0 spiro atoms. The van der Waals surface area contributed by atoms with E-state index in [9.17, 15) is 0 Å². The van der Waals surface area contributed by atoms with Gasteiger partial charge in [0, 0.05) is 67.0 Å². The largest absolute Gasteiger partial charge is 0.310 e. The van der Waals surface area contributed by atoms with E-state index in [2.05, 4.69) is 457 Å². The van der Waals surface area contributed by atoms with Crippen LogP contribution in [0.15, 0.2) is 431 Å². The molecule has 0 unspecified atom stereocenters. The molecule has 0 bridgehead atoms. The van der Waals surface area contributed by atoms with Crippen molar-refractivity contribution in [3.05, 3.63) is 436 Å². The lowest BCUT2D eigenvalue weighted by Gasteiger charge is -2.25. The Kier molecular flexibility index (Phi) is 16.8. The highest BCUT2D eigenvalue weighted by atomic mass is 15.1. The van der Waals surface area contributed by atoms with Crippen LogP contribution in [0.4, 0.5) is 34.1 Å². The normalized spacial score (nSPS) is 11.5. The lowest BCUT2D eigenvalue weighted by molar-refractivity contribution is 1.18. The fraction of sp³-hybridized carbons (Fsp3) is 0.00935. The van der Waals surface area contributed by atoms with Crippen molar-refractivity contribution in [2.45, 2.75) is 6.92 Å². The molecule has 522 valence electrons. The van der Waals surface area contributed by atoms with Crippen molar-refractivity contribution in [2.24, 2.45) is 0 Å². The molecule has 4 heteroatoms. The average Bonchev–Trinajstić information content (AvgIpc) is 1.51. The fourth-order valence-corrected chi connectivity index (χ4v) is 17.3. The number of hydrogen-bond donors (Lipinski definition) is 0. The van der Waals surface area contributed by atoms with E-state index in [1.54, 1.807) is 0 Å². The summed E-state index contributed by atoms with van der Waals surface area (Å²) < 4.78 is 4.82. The molecule has 0 amide bonds. The third-order valence-corrected chi connectivity index (χ3v) is 22.2. The first kappa shape index (κ1) is 65.9. The van der Waals surface area contributed by atoms with Crippen molar-refractivity contribution in [2.75, 3.05) is 9.80 Å². The predicted octanol–water partition coefficient (Wildman–Crippen LogP) is 29.8. The van der Waals surface area contributed by atoms with Crippen LogP contribution in [-0.2, 0) is 0 Å². The Labute approximate surface area is 645 Å². The molecule has 21 aromatic rings. The second-order valence-electron chi connectivity index (χ2n) is 28.7. The Morgan fingerprint density at radius 3 is 0.775 bits per heavy atom. The summed E-state index contributed by atoms with van der Waals surface area (Å²) >= 11 is 0. The van der Waals surface area contributed by atoms with Crippen molar-refractivity contribution in [3.8, 4) is 67.0 Å². The number of fused-ring (bicyclic) bond motifs is 10. The van der Waals surface area contributed by atoms with Gasteiger partial charge in [0.25, 0.3) is 0 Å². The molecule has 0 radical (unpaired) electrons. The van der Waals surface area contributed by atoms with E-state index >= 15 is 0 Å². The number of aromatic nitrogens is 2. The first-order valence-electron chi connectivity index (χ1n) is 38.2. The maximum Gasteiger partial charge on any atom is 0.0542 e. The lowest BCUT2D eigenvalue weighted by atomic mass is 9.84. The number of benzene rings is 19. The molecule has 0 atom stereocenters. The molecule has 0 N–H and O–H groups in total. The van der Waals surface area contributed by atoms with Crippen LogP contribution < -0.4 is 9.80 Å². The molecular formula is C107H74N4. The predicted molar refractivity (Wildman–Crippen MR) is 473 cm³/mol. The van der Waals surface area contributed by atoms with Crippen LogP contribution in [0.1, 0.15) is 5.56 Å².